The van der Waals surface area contributed by atoms with E-state index in [0.717, 1.165) is 12.2 Å². The predicted molar refractivity (Wildman–Crippen MR) is 83.5 cm³/mol. The van der Waals surface area contributed by atoms with Gasteiger partial charge in [0, 0.05) is 17.7 Å². The second kappa shape index (κ2) is 7.17. The van der Waals surface area contributed by atoms with Crippen LogP contribution >= 0.6 is 0 Å². The minimum atomic E-state index is -0.743. The molecule has 0 saturated carbocycles. The monoisotopic (exact) mass is 312 g/mol. The maximum atomic E-state index is 14.4. The number of hydrogen-bond acceptors (Lipinski definition) is 4. The Labute approximate surface area is 132 Å². The van der Waals surface area contributed by atoms with Gasteiger partial charge < -0.3 is 9.47 Å². The SMILES string of the molecule is C=CC(=O)Oc1ccc(-c2cccc(OC(=O)C=C)c2F)cc1. The van der Waals surface area contributed by atoms with Crippen molar-refractivity contribution in [2.75, 3.05) is 0 Å². The van der Waals surface area contributed by atoms with Crippen molar-refractivity contribution in [1.29, 1.82) is 0 Å². The summed E-state index contributed by atoms with van der Waals surface area (Å²) in [5.74, 6) is -1.86. The molecule has 0 heterocycles. The zero-order chi connectivity index (χ0) is 16.8. The summed E-state index contributed by atoms with van der Waals surface area (Å²) in [4.78, 5) is 22.3. The Morgan fingerprint density at radius 3 is 2.13 bits per heavy atom. The number of esters is 2. The van der Waals surface area contributed by atoms with E-state index in [0.29, 0.717) is 11.3 Å². The molecule has 2 aromatic rings. The first-order valence-corrected chi connectivity index (χ1v) is 6.62. The summed E-state index contributed by atoms with van der Waals surface area (Å²) in [7, 11) is 0. The molecule has 23 heavy (non-hydrogen) atoms. The van der Waals surface area contributed by atoms with E-state index in [1.807, 2.05) is 0 Å². The van der Waals surface area contributed by atoms with Crippen LogP contribution in [0.15, 0.2) is 67.8 Å². The molecule has 0 aliphatic rings. The highest BCUT2D eigenvalue weighted by atomic mass is 19.1. The highest BCUT2D eigenvalue weighted by Crippen LogP contribution is 2.30. The van der Waals surface area contributed by atoms with Crippen LogP contribution in [-0.2, 0) is 9.59 Å². The molecule has 116 valence electrons. The average Bonchev–Trinajstić information content (AvgIpc) is 2.57. The molecular weight excluding hydrogens is 299 g/mol. The first-order valence-electron chi connectivity index (χ1n) is 6.62. The quantitative estimate of drug-likeness (QED) is 0.480. The van der Waals surface area contributed by atoms with E-state index < -0.39 is 17.8 Å². The van der Waals surface area contributed by atoms with Crippen molar-refractivity contribution >= 4 is 11.9 Å². The molecule has 0 unspecified atom stereocenters. The maximum absolute atomic E-state index is 14.4. The zero-order valence-electron chi connectivity index (χ0n) is 12.1. The van der Waals surface area contributed by atoms with Crippen LogP contribution in [0.3, 0.4) is 0 Å². The van der Waals surface area contributed by atoms with Crippen LogP contribution in [0, 0.1) is 5.82 Å². The molecule has 0 N–H and O–H groups in total. The Morgan fingerprint density at radius 2 is 1.52 bits per heavy atom. The normalized spacial score (nSPS) is 9.78. The number of hydrogen-bond donors (Lipinski definition) is 0. The third-order valence-electron chi connectivity index (χ3n) is 2.89. The lowest BCUT2D eigenvalue weighted by atomic mass is 10.0. The second-order valence-electron chi connectivity index (χ2n) is 4.39. The van der Waals surface area contributed by atoms with Gasteiger partial charge in [0.15, 0.2) is 11.6 Å². The first kappa shape index (κ1) is 16.2. The maximum Gasteiger partial charge on any atom is 0.335 e. The summed E-state index contributed by atoms with van der Waals surface area (Å²) in [6, 6.07) is 10.7. The molecule has 0 atom stereocenters. The van der Waals surface area contributed by atoms with Gasteiger partial charge in [-0.15, -0.1) is 0 Å². The van der Waals surface area contributed by atoms with Gasteiger partial charge in [-0.1, -0.05) is 37.4 Å². The fourth-order valence-electron chi connectivity index (χ4n) is 1.82. The number of benzene rings is 2. The first-order chi connectivity index (χ1) is 11.0. The van der Waals surface area contributed by atoms with Gasteiger partial charge in [-0.2, -0.15) is 0 Å². The van der Waals surface area contributed by atoms with Crippen molar-refractivity contribution in [3.63, 3.8) is 0 Å². The van der Waals surface area contributed by atoms with E-state index in [-0.39, 0.29) is 11.3 Å². The van der Waals surface area contributed by atoms with Gasteiger partial charge in [0.25, 0.3) is 0 Å². The second-order valence-corrected chi connectivity index (χ2v) is 4.39. The van der Waals surface area contributed by atoms with E-state index in [2.05, 4.69) is 13.2 Å². The summed E-state index contributed by atoms with van der Waals surface area (Å²) in [6.07, 6.45) is 2.00. The Hall–Kier alpha value is -3.21. The Morgan fingerprint density at radius 1 is 0.913 bits per heavy atom. The van der Waals surface area contributed by atoms with Crippen LogP contribution in [-0.4, -0.2) is 11.9 Å². The van der Waals surface area contributed by atoms with Crippen molar-refractivity contribution in [1.82, 2.24) is 0 Å². The molecule has 5 heteroatoms. The molecule has 0 bridgehead atoms. The fraction of sp³-hybridized carbons (Fsp3) is 0. The topological polar surface area (TPSA) is 52.6 Å². The lowest BCUT2D eigenvalue weighted by Crippen LogP contribution is -2.05. The summed E-state index contributed by atoms with van der Waals surface area (Å²) in [5, 5.41) is 0. The molecule has 2 aromatic carbocycles. The van der Waals surface area contributed by atoms with Gasteiger partial charge >= 0.3 is 11.9 Å². The Kier molecular flexibility index (Phi) is 5.04. The van der Waals surface area contributed by atoms with E-state index >= 15 is 0 Å². The third kappa shape index (κ3) is 3.91. The van der Waals surface area contributed by atoms with Gasteiger partial charge in [0.2, 0.25) is 0 Å². The van der Waals surface area contributed by atoms with Crippen molar-refractivity contribution in [2.45, 2.75) is 0 Å². The molecule has 0 amide bonds. The van der Waals surface area contributed by atoms with E-state index in [9.17, 15) is 14.0 Å². The van der Waals surface area contributed by atoms with Gasteiger partial charge in [0.05, 0.1) is 0 Å². The number of carbonyl (C=O) groups excluding carboxylic acids is 2. The van der Waals surface area contributed by atoms with Crippen molar-refractivity contribution in [3.05, 3.63) is 73.6 Å². The molecule has 2 rings (SSSR count). The molecule has 0 aromatic heterocycles. The molecule has 0 fully saturated rings. The Bertz CT molecular complexity index is 763. The van der Waals surface area contributed by atoms with Crippen LogP contribution in [0.4, 0.5) is 4.39 Å². The van der Waals surface area contributed by atoms with Crippen molar-refractivity contribution < 1.29 is 23.5 Å². The summed E-state index contributed by atoms with van der Waals surface area (Å²) in [6.45, 7) is 6.56. The fourth-order valence-corrected chi connectivity index (χ4v) is 1.82. The van der Waals surface area contributed by atoms with Gasteiger partial charge in [-0.25, -0.2) is 14.0 Å². The summed E-state index contributed by atoms with van der Waals surface area (Å²) in [5.41, 5.74) is 0.790. The predicted octanol–water partition coefficient (Wildman–Crippen LogP) is 3.68. The van der Waals surface area contributed by atoms with Gasteiger partial charge in [0.1, 0.15) is 5.75 Å². The average molecular weight is 312 g/mol. The minimum absolute atomic E-state index is 0.186. The lowest BCUT2D eigenvalue weighted by molar-refractivity contribution is -0.129. The number of rotatable bonds is 5. The smallest absolute Gasteiger partial charge is 0.335 e. The summed E-state index contributed by atoms with van der Waals surface area (Å²) >= 11 is 0. The molecule has 0 aliphatic carbocycles. The van der Waals surface area contributed by atoms with Crippen LogP contribution in [0.25, 0.3) is 11.1 Å². The van der Waals surface area contributed by atoms with Crippen LogP contribution < -0.4 is 9.47 Å². The van der Waals surface area contributed by atoms with Crippen molar-refractivity contribution in [2.24, 2.45) is 0 Å². The highest BCUT2D eigenvalue weighted by molar-refractivity contribution is 5.84. The molecule has 0 spiro atoms. The van der Waals surface area contributed by atoms with Crippen molar-refractivity contribution in [3.8, 4) is 22.6 Å². The number of ether oxygens (including phenoxy) is 2. The minimum Gasteiger partial charge on any atom is -0.423 e. The molecule has 0 saturated heterocycles. The molecule has 4 nitrogen and oxygen atoms in total. The number of carbonyl (C=O) groups is 2. The van der Waals surface area contributed by atoms with Gasteiger partial charge in [-0.3, -0.25) is 0 Å². The third-order valence-corrected chi connectivity index (χ3v) is 2.89. The standard InChI is InChI=1S/C18H13FO4/c1-3-16(20)22-13-10-8-12(9-11-13)14-6-5-7-15(18(14)19)23-17(21)4-2/h3-11H,1-2H2. The highest BCUT2D eigenvalue weighted by Gasteiger charge is 2.13. The Balaban J connectivity index is 2.29. The lowest BCUT2D eigenvalue weighted by Gasteiger charge is -2.09. The van der Waals surface area contributed by atoms with Crippen LogP contribution in [0.5, 0.6) is 11.5 Å². The summed E-state index contributed by atoms with van der Waals surface area (Å²) < 4.78 is 24.2. The van der Waals surface area contributed by atoms with E-state index in [1.165, 1.54) is 18.2 Å². The van der Waals surface area contributed by atoms with Crippen LogP contribution in [0.1, 0.15) is 0 Å². The number of halogens is 1. The van der Waals surface area contributed by atoms with Gasteiger partial charge in [-0.05, 0) is 23.8 Å². The molecular formula is C18H13FO4. The largest absolute Gasteiger partial charge is 0.423 e. The molecule has 0 radical (unpaired) electrons. The van der Waals surface area contributed by atoms with E-state index in [1.54, 1.807) is 24.3 Å². The molecule has 0 aliphatic heterocycles. The van der Waals surface area contributed by atoms with E-state index in [4.69, 9.17) is 9.47 Å². The van der Waals surface area contributed by atoms with Crippen LogP contribution in [0.2, 0.25) is 0 Å². The zero-order valence-corrected chi connectivity index (χ0v) is 12.1.